The van der Waals surface area contributed by atoms with E-state index in [0.29, 0.717) is 16.7 Å². The first kappa shape index (κ1) is 13.2. The summed E-state index contributed by atoms with van der Waals surface area (Å²) in [7, 11) is 0. The third-order valence-corrected chi connectivity index (χ3v) is 3.30. The maximum atomic E-state index is 12.0. The number of phenolic OH excluding ortho intramolecular Hbond substituents is 1. The molecular weight excluding hydrogens is 264 g/mol. The molecule has 1 aromatic heterocycles. The summed E-state index contributed by atoms with van der Waals surface area (Å²) in [5, 5.41) is 10.6. The van der Waals surface area contributed by atoms with E-state index in [9.17, 15) is 9.90 Å². The quantitative estimate of drug-likeness (QED) is 0.721. The zero-order valence-electron chi connectivity index (χ0n) is 11.5. The van der Waals surface area contributed by atoms with E-state index < -0.39 is 0 Å². The second-order valence-electron chi connectivity index (χ2n) is 4.92. The maximum Gasteiger partial charge on any atom is 0.343 e. The Bertz CT molecular complexity index is 888. The van der Waals surface area contributed by atoms with Gasteiger partial charge in [-0.1, -0.05) is 36.4 Å². The van der Waals surface area contributed by atoms with E-state index in [0.717, 1.165) is 10.9 Å². The van der Waals surface area contributed by atoms with E-state index >= 15 is 0 Å². The van der Waals surface area contributed by atoms with Crippen molar-refractivity contribution in [2.24, 2.45) is 0 Å². The lowest BCUT2D eigenvalue weighted by molar-refractivity contribution is 0.474. The van der Waals surface area contributed by atoms with Gasteiger partial charge in [0.15, 0.2) is 0 Å². The number of benzene rings is 2. The van der Waals surface area contributed by atoms with Crippen molar-refractivity contribution >= 4 is 23.1 Å². The number of fused-ring (bicyclic) bond motifs is 1. The van der Waals surface area contributed by atoms with Gasteiger partial charge in [-0.25, -0.2) is 4.79 Å². The van der Waals surface area contributed by atoms with Gasteiger partial charge in [0, 0.05) is 10.9 Å². The number of hydrogen-bond acceptors (Lipinski definition) is 3. The Labute approximate surface area is 121 Å². The summed E-state index contributed by atoms with van der Waals surface area (Å²) < 4.78 is 5.32. The van der Waals surface area contributed by atoms with Gasteiger partial charge >= 0.3 is 5.63 Å². The second kappa shape index (κ2) is 5.29. The van der Waals surface area contributed by atoms with Crippen LogP contribution in [0.25, 0.3) is 23.1 Å². The van der Waals surface area contributed by atoms with Crippen molar-refractivity contribution in [3.05, 3.63) is 75.6 Å². The van der Waals surface area contributed by atoms with Gasteiger partial charge in [0.1, 0.15) is 11.3 Å². The second-order valence-corrected chi connectivity index (χ2v) is 4.92. The molecule has 0 spiro atoms. The molecule has 3 aromatic rings. The van der Waals surface area contributed by atoms with Crippen LogP contribution in [-0.4, -0.2) is 5.11 Å². The van der Waals surface area contributed by atoms with Crippen molar-refractivity contribution in [1.29, 1.82) is 0 Å². The Morgan fingerprint density at radius 1 is 1.00 bits per heavy atom. The summed E-state index contributed by atoms with van der Waals surface area (Å²) >= 11 is 0. The fraction of sp³-hybridized carbons (Fsp3) is 0.0556. The van der Waals surface area contributed by atoms with Gasteiger partial charge in [0.25, 0.3) is 0 Å². The normalized spacial score (nSPS) is 11.3. The van der Waals surface area contributed by atoms with Gasteiger partial charge in [-0.05, 0) is 36.8 Å². The Morgan fingerprint density at radius 3 is 2.57 bits per heavy atom. The van der Waals surface area contributed by atoms with Crippen LogP contribution < -0.4 is 5.63 Å². The van der Waals surface area contributed by atoms with Gasteiger partial charge in [-0.15, -0.1) is 0 Å². The molecule has 0 aliphatic carbocycles. The van der Waals surface area contributed by atoms with Crippen LogP contribution in [0.5, 0.6) is 5.75 Å². The Balaban J connectivity index is 2.05. The highest BCUT2D eigenvalue weighted by Crippen LogP contribution is 2.19. The summed E-state index contributed by atoms with van der Waals surface area (Å²) in [6.45, 7) is 1.95. The zero-order valence-corrected chi connectivity index (χ0v) is 11.5. The summed E-state index contributed by atoms with van der Waals surface area (Å²) in [6, 6.07) is 14.5. The fourth-order valence-electron chi connectivity index (χ4n) is 2.16. The molecule has 104 valence electrons. The van der Waals surface area contributed by atoms with Gasteiger partial charge in [-0.2, -0.15) is 0 Å². The van der Waals surface area contributed by atoms with Crippen LogP contribution in [0.2, 0.25) is 0 Å². The molecule has 0 atom stereocenters. The average Bonchev–Trinajstić information content (AvgIpc) is 2.46. The molecule has 3 heteroatoms. The number of hydrogen-bond donors (Lipinski definition) is 1. The lowest BCUT2D eigenvalue weighted by Gasteiger charge is -2.00. The Kier molecular flexibility index (Phi) is 3.32. The first-order chi connectivity index (χ1) is 10.1. The molecule has 0 unspecified atom stereocenters. The predicted octanol–water partition coefficient (Wildman–Crippen LogP) is 3.98. The minimum Gasteiger partial charge on any atom is -0.507 e. The van der Waals surface area contributed by atoms with Crippen molar-refractivity contribution in [3.63, 3.8) is 0 Å². The molecule has 0 bridgehead atoms. The molecule has 3 rings (SSSR count). The lowest BCUT2D eigenvalue weighted by Crippen LogP contribution is -2.02. The molecule has 1 N–H and O–H groups in total. The van der Waals surface area contributed by atoms with Crippen LogP contribution in [0.1, 0.15) is 16.7 Å². The molecule has 0 radical (unpaired) electrons. The highest BCUT2D eigenvalue weighted by atomic mass is 16.4. The van der Waals surface area contributed by atoms with Gasteiger partial charge in [-0.3, -0.25) is 0 Å². The maximum absolute atomic E-state index is 12.0. The van der Waals surface area contributed by atoms with Crippen LogP contribution >= 0.6 is 0 Å². The topological polar surface area (TPSA) is 50.4 Å². The monoisotopic (exact) mass is 278 g/mol. The SMILES string of the molecule is Cc1ccc2cc(/C=C/c3ccccc3O)c(=O)oc2c1. The molecule has 0 aliphatic heterocycles. The van der Waals surface area contributed by atoms with Crippen molar-refractivity contribution in [3.8, 4) is 5.75 Å². The van der Waals surface area contributed by atoms with Crippen molar-refractivity contribution < 1.29 is 9.52 Å². The molecular formula is C18H14O3. The zero-order chi connectivity index (χ0) is 14.8. The highest BCUT2D eigenvalue weighted by Gasteiger charge is 2.03. The molecule has 0 aliphatic rings. The van der Waals surface area contributed by atoms with E-state index in [1.165, 1.54) is 0 Å². The van der Waals surface area contributed by atoms with E-state index in [1.807, 2.05) is 31.2 Å². The summed E-state index contributed by atoms with van der Waals surface area (Å²) in [6.07, 6.45) is 3.35. The highest BCUT2D eigenvalue weighted by molar-refractivity contribution is 5.81. The van der Waals surface area contributed by atoms with Gasteiger partial charge < -0.3 is 9.52 Å². The van der Waals surface area contributed by atoms with Crippen LogP contribution in [-0.2, 0) is 0 Å². The number of para-hydroxylation sites is 1. The molecule has 0 saturated heterocycles. The van der Waals surface area contributed by atoms with Crippen LogP contribution in [0.15, 0.2) is 57.7 Å². The number of phenols is 1. The van der Waals surface area contributed by atoms with Crippen LogP contribution in [0.4, 0.5) is 0 Å². The number of aryl methyl sites for hydroxylation is 1. The Hall–Kier alpha value is -2.81. The van der Waals surface area contributed by atoms with Gasteiger partial charge in [0.2, 0.25) is 0 Å². The van der Waals surface area contributed by atoms with E-state index in [-0.39, 0.29) is 11.4 Å². The third kappa shape index (κ3) is 2.72. The largest absolute Gasteiger partial charge is 0.507 e. The number of rotatable bonds is 2. The molecule has 2 aromatic carbocycles. The minimum atomic E-state index is -0.389. The van der Waals surface area contributed by atoms with Crippen LogP contribution in [0, 0.1) is 6.92 Å². The van der Waals surface area contributed by atoms with Crippen molar-refractivity contribution in [2.45, 2.75) is 6.92 Å². The van der Waals surface area contributed by atoms with Crippen LogP contribution in [0.3, 0.4) is 0 Å². The van der Waals surface area contributed by atoms with E-state index in [2.05, 4.69) is 0 Å². The van der Waals surface area contributed by atoms with E-state index in [4.69, 9.17) is 4.42 Å². The first-order valence-corrected chi connectivity index (χ1v) is 6.64. The molecule has 0 fully saturated rings. The molecule has 0 saturated carbocycles. The smallest absolute Gasteiger partial charge is 0.343 e. The third-order valence-electron chi connectivity index (χ3n) is 3.30. The Morgan fingerprint density at radius 2 is 1.76 bits per heavy atom. The molecule has 3 nitrogen and oxygen atoms in total. The first-order valence-electron chi connectivity index (χ1n) is 6.64. The summed E-state index contributed by atoms with van der Waals surface area (Å²) in [5.41, 5.74) is 2.35. The molecule has 0 amide bonds. The minimum absolute atomic E-state index is 0.176. The van der Waals surface area contributed by atoms with E-state index in [1.54, 1.807) is 36.4 Å². The summed E-state index contributed by atoms with van der Waals surface area (Å²) in [4.78, 5) is 12.0. The van der Waals surface area contributed by atoms with Crippen molar-refractivity contribution in [1.82, 2.24) is 0 Å². The number of aromatic hydroxyl groups is 1. The predicted molar refractivity (Wildman–Crippen MR) is 84.3 cm³/mol. The lowest BCUT2D eigenvalue weighted by atomic mass is 10.1. The average molecular weight is 278 g/mol. The molecule has 21 heavy (non-hydrogen) atoms. The van der Waals surface area contributed by atoms with Crippen molar-refractivity contribution in [2.75, 3.05) is 0 Å². The summed E-state index contributed by atoms with van der Waals surface area (Å²) in [5.74, 6) is 0.176. The standard InChI is InChI=1S/C18H14O3/c1-12-6-7-14-11-15(18(20)21-17(14)10-12)9-8-13-4-2-3-5-16(13)19/h2-11,19H,1H3/b9-8+. The molecule has 1 heterocycles. The fourth-order valence-corrected chi connectivity index (χ4v) is 2.16. The van der Waals surface area contributed by atoms with Gasteiger partial charge in [0.05, 0.1) is 5.56 Å².